The third-order valence-electron chi connectivity index (χ3n) is 2.85. The van der Waals surface area contributed by atoms with Gasteiger partial charge >= 0.3 is 0 Å². The van der Waals surface area contributed by atoms with Crippen LogP contribution in [0.5, 0.6) is 0 Å². The zero-order valence-electron chi connectivity index (χ0n) is 11.6. The van der Waals surface area contributed by atoms with Crippen LogP contribution in [-0.2, 0) is 0 Å². The second-order valence-electron chi connectivity index (χ2n) is 4.34. The number of aliphatic hydroxyl groups excluding tert-OH is 4. The van der Waals surface area contributed by atoms with Crippen LogP contribution in [0.2, 0.25) is 0 Å². The smallest absolute Gasteiger partial charge is 0.128 e. The van der Waals surface area contributed by atoms with E-state index in [0.29, 0.717) is 0 Å². The minimum Gasteiger partial charge on any atom is -0.394 e. The van der Waals surface area contributed by atoms with E-state index in [9.17, 15) is 15.3 Å². The van der Waals surface area contributed by atoms with Crippen molar-refractivity contribution >= 4 is 17.6 Å². The SMILES string of the molecule is CN(N=CC(=NN)C(O)C(O)C(O)CO)c1ccccc1. The molecular weight excluding hydrogens is 276 g/mol. The van der Waals surface area contributed by atoms with Gasteiger partial charge in [0.2, 0.25) is 0 Å². The Balaban J connectivity index is 2.76. The molecule has 116 valence electrons. The van der Waals surface area contributed by atoms with Gasteiger partial charge in [-0.25, -0.2) is 0 Å². The van der Waals surface area contributed by atoms with E-state index >= 15 is 0 Å². The summed E-state index contributed by atoms with van der Waals surface area (Å²) in [5, 5.41) is 46.3. The summed E-state index contributed by atoms with van der Waals surface area (Å²) in [4.78, 5) is 0. The Hall–Kier alpha value is -2.00. The summed E-state index contributed by atoms with van der Waals surface area (Å²) in [5.41, 5.74) is 0.674. The molecule has 1 rings (SSSR count). The molecule has 0 fully saturated rings. The van der Waals surface area contributed by atoms with Crippen LogP contribution in [0.25, 0.3) is 0 Å². The molecule has 0 aliphatic carbocycles. The fraction of sp³-hybridized carbons (Fsp3) is 0.385. The van der Waals surface area contributed by atoms with E-state index < -0.39 is 24.9 Å². The predicted molar refractivity (Wildman–Crippen MR) is 80.1 cm³/mol. The molecule has 21 heavy (non-hydrogen) atoms. The molecule has 1 aromatic rings. The van der Waals surface area contributed by atoms with Gasteiger partial charge in [0, 0.05) is 7.05 Å². The molecule has 0 spiro atoms. The van der Waals surface area contributed by atoms with Crippen molar-refractivity contribution in [3.8, 4) is 0 Å². The maximum Gasteiger partial charge on any atom is 0.128 e. The van der Waals surface area contributed by atoms with Crippen LogP contribution in [-0.4, -0.2) is 64.3 Å². The van der Waals surface area contributed by atoms with Crippen LogP contribution in [0, 0.1) is 0 Å². The number of nitrogens with two attached hydrogens (primary N) is 1. The Morgan fingerprint density at radius 1 is 1.29 bits per heavy atom. The lowest BCUT2D eigenvalue weighted by molar-refractivity contribution is -0.0549. The Labute approximate surface area is 122 Å². The highest BCUT2D eigenvalue weighted by Gasteiger charge is 2.27. The van der Waals surface area contributed by atoms with E-state index in [4.69, 9.17) is 10.9 Å². The van der Waals surface area contributed by atoms with Crippen molar-refractivity contribution in [2.24, 2.45) is 16.0 Å². The van der Waals surface area contributed by atoms with Gasteiger partial charge < -0.3 is 26.3 Å². The van der Waals surface area contributed by atoms with Gasteiger partial charge in [0.15, 0.2) is 0 Å². The molecule has 0 saturated carbocycles. The molecular formula is C13H20N4O4. The molecule has 0 aliphatic rings. The molecule has 0 aromatic heterocycles. The molecule has 0 bridgehead atoms. The second-order valence-corrected chi connectivity index (χ2v) is 4.34. The largest absolute Gasteiger partial charge is 0.394 e. The highest BCUT2D eigenvalue weighted by molar-refractivity contribution is 6.32. The fourth-order valence-electron chi connectivity index (χ4n) is 1.54. The number of nitrogens with zero attached hydrogens (tertiary/aromatic N) is 3. The minimum absolute atomic E-state index is 0.127. The highest BCUT2D eigenvalue weighted by Crippen LogP contribution is 2.10. The number of para-hydroxylation sites is 1. The zero-order chi connectivity index (χ0) is 15.8. The summed E-state index contributed by atoms with van der Waals surface area (Å²) in [6.07, 6.45) is -3.52. The van der Waals surface area contributed by atoms with E-state index in [1.165, 1.54) is 11.2 Å². The first kappa shape index (κ1) is 17.1. The summed E-state index contributed by atoms with van der Waals surface area (Å²) in [6, 6.07) is 9.21. The minimum atomic E-state index is -1.62. The number of hydrogen-bond donors (Lipinski definition) is 5. The molecule has 3 unspecified atom stereocenters. The Morgan fingerprint density at radius 2 is 1.90 bits per heavy atom. The molecule has 1 aromatic carbocycles. The van der Waals surface area contributed by atoms with Crippen molar-refractivity contribution < 1.29 is 20.4 Å². The summed E-state index contributed by atoms with van der Waals surface area (Å²) >= 11 is 0. The predicted octanol–water partition coefficient (Wildman–Crippen LogP) is -1.50. The lowest BCUT2D eigenvalue weighted by atomic mass is 10.0. The van der Waals surface area contributed by atoms with Crippen molar-refractivity contribution in [1.82, 2.24) is 0 Å². The molecule has 0 amide bonds. The van der Waals surface area contributed by atoms with Crippen LogP contribution in [0.15, 0.2) is 40.5 Å². The van der Waals surface area contributed by atoms with Gasteiger partial charge in [-0.3, -0.25) is 5.01 Å². The van der Waals surface area contributed by atoms with Crippen molar-refractivity contribution in [2.45, 2.75) is 18.3 Å². The normalized spacial score (nSPS) is 16.7. The van der Waals surface area contributed by atoms with Crippen molar-refractivity contribution in [3.63, 3.8) is 0 Å². The van der Waals surface area contributed by atoms with Gasteiger partial charge in [-0.1, -0.05) is 18.2 Å². The summed E-state index contributed by atoms with van der Waals surface area (Å²) < 4.78 is 0. The highest BCUT2D eigenvalue weighted by atomic mass is 16.4. The van der Waals surface area contributed by atoms with Crippen molar-refractivity contribution in [1.29, 1.82) is 0 Å². The molecule has 8 nitrogen and oxygen atoms in total. The van der Waals surface area contributed by atoms with Gasteiger partial charge in [-0.15, -0.1) is 0 Å². The maximum absolute atomic E-state index is 9.82. The van der Waals surface area contributed by atoms with Gasteiger partial charge in [0.1, 0.15) is 24.0 Å². The standard InChI is InChI=1S/C13H20N4O4/c1-17(9-5-3-2-4-6-9)15-7-10(16-14)12(20)13(21)11(19)8-18/h2-7,11-13,18-21H,8,14H2,1H3. The molecule has 6 N–H and O–H groups in total. The van der Waals surface area contributed by atoms with E-state index in [-0.39, 0.29) is 5.71 Å². The first-order valence-electron chi connectivity index (χ1n) is 6.26. The maximum atomic E-state index is 9.82. The third-order valence-corrected chi connectivity index (χ3v) is 2.85. The third kappa shape index (κ3) is 4.80. The Morgan fingerprint density at radius 3 is 2.43 bits per heavy atom. The van der Waals surface area contributed by atoms with E-state index in [2.05, 4.69) is 10.2 Å². The lowest BCUT2D eigenvalue weighted by Gasteiger charge is -2.21. The first-order chi connectivity index (χ1) is 10.0. The van der Waals surface area contributed by atoms with Crippen molar-refractivity contribution in [3.05, 3.63) is 30.3 Å². The van der Waals surface area contributed by atoms with Crippen LogP contribution in [0.4, 0.5) is 5.69 Å². The average molecular weight is 296 g/mol. The molecule has 8 heteroatoms. The summed E-state index contributed by atoms with van der Waals surface area (Å²) in [7, 11) is 1.69. The summed E-state index contributed by atoms with van der Waals surface area (Å²) in [6.45, 7) is -0.697. The van der Waals surface area contributed by atoms with Gasteiger partial charge in [0.25, 0.3) is 0 Å². The van der Waals surface area contributed by atoms with Crippen LogP contribution in [0.1, 0.15) is 0 Å². The number of rotatable bonds is 7. The second kappa shape index (κ2) is 8.32. The monoisotopic (exact) mass is 296 g/mol. The number of benzene rings is 1. The average Bonchev–Trinajstić information content (AvgIpc) is 2.54. The Kier molecular flexibility index (Phi) is 6.76. The molecule has 0 radical (unpaired) electrons. The number of anilines is 1. The van der Waals surface area contributed by atoms with Gasteiger partial charge in [0.05, 0.1) is 18.5 Å². The molecule has 0 saturated heterocycles. The van der Waals surface area contributed by atoms with Crippen LogP contribution < -0.4 is 10.9 Å². The fourth-order valence-corrected chi connectivity index (χ4v) is 1.54. The zero-order valence-corrected chi connectivity index (χ0v) is 11.6. The molecule has 0 aliphatic heterocycles. The van der Waals surface area contributed by atoms with Crippen molar-refractivity contribution in [2.75, 3.05) is 18.7 Å². The Bertz CT molecular complexity index is 480. The quantitative estimate of drug-likeness (QED) is 0.236. The van der Waals surface area contributed by atoms with E-state index in [0.717, 1.165) is 5.69 Å². The summed E-state index contributed by atoms with van der Waals surface area (Å²) in [5.74, 6) is 5.14. The van der Waals surface area contributed by atoms with Crippen LogP contribution in [0.3, 0.4) is 0 Å². The van der Waals surface area contributed by atoms with Crippen LogP contribution >= 0.6 is 0 Å². The lowest BCUT2D eigenvalue weighted by Crippen LogP contribution is -2.44. The topological polar surface area (TPSA) is 135 Å². The van der Waals surface area contributed by atoms with Gasteiger partial charge in [-0.2, -0.15) is 10.2 Å². The number of aliphatic hydroxyl groups is 4. The number of hydrogen-bond acceptors (Lipinski definition) is 8. The van der Waals surface area contributed by atoms with Gasteiger partial charge in [-0.05, 0) is 12.1 Å². The van der Waals surface area contributed by atoms with E-state index in [1.807, 2.05) is 30.3 Å². The van der Waals surface area contributed by atoms with E-state index in [1.54, 1.807) is 7.05 Å². The molecule has 0 heterocycles. The number of hydrazone groups is 2. The first-order valence-corrected chi connectivity index (χ1v) is 6.26. The molecule has 3 atom stereocenters.